The van der Waals surface area contributed by atoms with Gasteiger partial charge in [-0.2, -0.15) is 5.10 Å². The highest BCUT2D eigenvalue weighted by Gasteiger charge is 2.14. The molecule has 6 nitrogen and oxygen atoms in total. The number of ether oxygens (including phenoxy) is 2. The van der Waals surface area contributed by atoms with Gasteiger partial charge in [0.25, 0.3) is 5.91 Å². The molecule has 6 heteroatoms. The smallest absolute Gasteiger partial charge is 0.253 e. The Bertz CT molecular complexity index is 919. The van der Waals surface area contributed by atoms with E-state index in [0.29, 0.717) is 25.3 Å². The standard InChI is InChI=1S/C22H25N3O3/c1-4-27-20-8-10-21(11-9-20)28-16-17-6-5-7-18(14-17)22(26)24(2)15-19-12-13-23-25(19)3/h5-14H,4,15-16H2,1-3H3. The van der Waals surface area contributed by atoms with Crippen LogP contribution in [0.3, 0.4) is 0 Å². The van der Waals surface area contributed by atoms with Gasteiger partial charge in [0.05, 0.1) is 18.8 Å². The molecule has 1 amide bonds. The number of aryl methyl sites for hydroxylation is 1. The van der Waals surface area contributed by atoms with Gasteiger partial charge in [-0.25, -0.2) is 0 Å². The fourth-order valence-corrected chi connectivity index (χ4v) is 2.85. The van der Waals surface area contributed by atoms with E-state index in [-0.39, 0.29) is 5.91 Å². The molecular weight excluding hydrogens is 354 g/mol. The van der Waals surface area contributed by atoms with Gasteiger partial charge in [-0.05, 0) is 55.0 Å². The van der Waals surface area contributed by atoms with Crippen LogP contribution < -0.4 is 9.47 Å². The monoisotopic (exact) mass is 379 g/mol. The van der Waals surface area contributed by atoms with E-state index in [1.807, 2.05) is 68.6 Å². The SMILES string of the molecule is CCOc1ccc(OCc2cccc(C(=O)N(C)Cc3ccnn3C)c2)cc1. The average molecular weight is 379 g/mol. The predicted octanol–water partition coefficient (Wildman–Crippen LogP) is 3.67. The molecule has 0 unspecified atom stereocenters. The lowest BCUT2D eigenvalue weighted by Crippen LogP contribution is -2.27. The van der Waals surface area contributed by atoms with Crippen LogP contribution in [0.1, 0.15) is 28.5 Å². The molecule has 1 heterocycles. The topological polar surface area (TPSA) is 56.6 Å². The highest BCUT2D eigenvalue weighted by Crippen LogP contribution is 2.19. The van der Waals surface area contributed by atoms with Gasteiger partial charge in [-0.15, -0.1) is 0 Å². The van der Waals surface area contributed by atoms with Crippen molar-refractivity contribution in [3.63, 3.8) is 0 Å². The van der Waals surface area contributed by atoms with Crippen molar-refractivity contribution in [1.82, 2.24) is 14.7 Å². The van der Waals surface area contributed by atoms with E-state index >= 15 is 0 Å². The Labute approximate surface area is 165 Å². The normalized spacial score (nSPS) is 10.5. The van der Waals surface area contributed by atoms with Crippen molar-refractivity contribution < 1.29 is 14.3 Å². The van der Waals surface area contributed by atoms with E-state index in [1.165, 1.54) is 0 Å². The molecule has 146 valence electrons. The fraction of sp³-hybridized carbons (Fsp3) is 0.273. The summed E-state index contributed by atoms with van der Waals surface area (Å²) in [6, 6.07) is 16.9. The molecule has 0 saturated carbocycles. The third kappa shape index (κ3) is 4.91. The van der Waals surface area contributed by atoms with Crippen LogP contribution in [0.4, 0.5) is 0 Å². The molecule has 0 spiro atoms. The third-order valence-corrected chi connectivity index (χ3v) is 4.38. The zero-order chi connectivity index (χ0) is 19.9. The van der Waals surface area contributed by atoms with E-state index in [4.69, 9.17) is 9.47 Å². The number of hydrogen-bond acceptors (Lipinski definition) is 4. The first kappa shape index (κ1) is 19.5. The number of rotatable bonds is 8. The quantitative estimate of drug-likeness (QED) is 0.599. The fourth-order valence-electron chi connectivity index (χ4n) is 2.85. The second kappa shape index (κ2) is 9.08. The molecule has 0 saturated heterocycles. The van der Waals surface area contributed by atoms with E-state index in [9.17, 15) is 4.79 Å². The minimum atomic E-state index is -0.0379. The van der Waals surface area contributed by atoms with Crippen molar-refractivity contribution in [2.75, 3.05) is 13.7 Å². The van der Waals surface area contributed by atoms with Gasteiger partial charge in [0.15, 0.2) is 0 Å². The van der Waals surface area contributed by atoms with Crippen LogP contribution in [-0.2, 0) is 20.2 Å². The van der Waals surface area contributed by atoms with E-state index < -0.39 is 0 Å². The van der Waals surface area contributed by atoms with Gasteiger partial charge < -0.3 is 14.4 Å². The molecule has 0 fully saturated rings. The number of carbonyl (C=O) groups is 1. The molecule has 3 aromatic rings. The van der Waals surface area contributed by atoms with Crippen molar-refractivity contribution in [3.05, 3.63) is 77.6 Å². The van der Waals surface area contributed by atoms with Crippen LogP contribution in [0.2, 0.25) is 0 Å². The summed E-state index contributed by atoms with van der Waals surface area (Å²) in [5.74, 6) is 1.54. The van der Waals surface area contributed by atoms with Crippen LogP contribution >= 0.6 is 0 Å². The Morgan fingerprint density at radius 1 is 1.07 bits per heavy atom. The molecule has 0 aliphatic rings. The lowest BCUT2D eigenvalue weighted by Gasteiger charge is -2.18. The maximum absolute atomic E-state index is 12.7. The molecule has 1 aromatic heterocycles. The molecular formula is C22H25N3O3. The molecule has 0 aliphatic heterocycles. The minimum Gasteiger partial charge on any atom is -0.494 e. The van der Waals surface area contributed by atoms with Crippen LogP contribution in [0.5, 0.6) is 11.5 Å². The molecule has 2 aromatic carbocycles. The summed E-state index contributed by atoms with van der Waals surface area (Å²) in [7, 11) is 3.66. The second-order valence-electron chi connectivity index (χ2n) is 6.50. The van der Waals surface area contributed by atoms with Crippen LogP contribution in [0.25, 0.3) is 0 Å². The molecule has 3 rings (SSSR count). The largest absolute Gasteiger partial charge is 0.494 e. The van der Waals surface area contributed by atoms with E-state index in [1.54, 1.807) is 22.8 Å². The first-order valence-electron chi connectivity index (χ1n) is 9.23. The summed E-state index contributed by atoms with van der Waals surface area (Å²) in [5, 5.41) is 4.14. The van der Waals surface area contributed by atoms with Gasteiger partial charge in [0, 0.05) is 25.9 Å². The van der Waals surface area contributed by atoms with Crippen molar-refractivity contribution in [1.29, 1.82) is 0 Å². The van der Waals surface area contributed by atoms with Crippen LogP contribution in [0.15, 0.2) is 60.8 Å². The van der Waals surface area contributed by atoms with Crippen LogP contribution in [0, 0.1) is 0 Å². The second-order valence-corrected chi connectivity index (χ2v) is 6.50. The molecule has 0 atom stereocenters. The van der Waals surface area contributed by atoms with Crippen molar-refractivity contribution in [2.45, 2.75) is 20.1 Å². The first-order chi connectivity index (χ1) is 13.6. The zero-order valence-corrected chi connectivity index (χ0v) is 16.5. The Balaban J connectivity index is 1.61. The summed E-state index contributed by atoms with van der Waals surface area (Å²) < 4.78 is 13.0. The maximum Gasteiger partial charge on any atom is 0.253 e. The number of hydrogen-bond donors (Lipinski definition) is 0. The number of nitrogens with zero attached hydrogens (tertiary/aromatic N) is 3. The van der Waals surface area contributed by atoms with Gasteiger partial charge in [-0.3, -0.25) is 9.48 Å². The Kier molecular flexibility index (Phi) is 6.32. The van der Waals surface area contributed by atoms with Gasteiger partial charge in [-0.1, -0.05) is 12.1 Å². The summed E-state index contributed by atoms with van der Waals surface area (Å²) in [5.41, 5.74) is 2.55. The number of aromatic nitrogens is 2. The molecule has 28 heavy (non-hydrogen) atoms. The molecule has 0 bridgehead atoms. The molecule has 0 aliphatic carbocycles. The van der Waals surface area contributed by atoms with E-state index in [0.717, 1.165) is 22.8 Å². The lowest BCUT2D eigenvalue weighted by molar-refractivity contribution is 0.0782. The Morgan fingerprint density at radius 3 is 2.43 bits per heavy atom. The number of benzene rings is 2. The third-order valence-electron chi connectivity index (χ3n) is 4.38. The lowest BCUT2D eigenvalue weighted by atomic mass is 10.1. The predicted molar refractivity (Wildman–Crippen MR) is 107 cm³/mol. The highest BCUT2D eigenvalue weighted by atomic mass is 16.5. The Hall–Kier alpha value is -3.28. The average Bonchev–Trinajstić information content (AvgIpc) is 3.12. The van der Waals surface area contributed by atoms with Crippen LogP contribution in [-0.4, -0.2) is 34.2 Å². The molecule has 0 N–H and O–H groups in total. The summed E-state index contributed by atoms with van der Waals surface area (Å²) in [6.45, 7) is 3.48. The molecule has 0 radical (unpaired) electrons. The van der Waals surface area contributed by atoms with Gasteiger partial charge in [0.1, 0.15) is 18.1 Å². The van der Waals surface area contributed by atoms with E-state index in [2.05, 4.69) is 5.10 Å². The Morgan fingerprint density at radius 2 is 1.79 bits per heavy atom. The zero-order valence-electron chi connectivity index (χ0n) is 16.5. The summed E-state index contributed by atoms with van der Waals surface area (Å²) in [6.07, 6.45) is 1.73. The number of amides is 1. The van der Waals surface area contributed by atoms with Gasteiger partial charge in [0.2, 0.25) is 0 Å². The maximum atomic E-state index is 12.7. The van der Waals surface area contributed by atoms with Gasteiger partial charge >= 0.3 is 0 Å². The summed E-state index contributed by atoms with van der Waals surface area (Å²) >= 11 is 0. The van der Waals surface area contributed by atoms with Crippen molar-refractivity contribution >= 4 is 5.91 Å². The van der Waals surface area contributed by atoms with Crippen molar-refractivity contribution in [3.8, 4) is 11.5 Å². The summed E-state index contributed by atoms with van der Waals surface area (Å²) in [4.78, 5) is 14.4. The highest BCUT2D eigenvalue weighted by molar-refractivity contribution is 5.94. The minimum absolute atomic E-state index is 0.0379. The number of carbonyl (C=O) groups excluding carboxylic acids is 1. The van der Waals surface area contributed by atoms with Crippen molar-refractivity contribution in [2.24, 2.45) is 7.05 Å². The first-order valence-corrected chi connectivity index (χ1v) is 9.23.